The zero-order valence-electron chi connectivity index (χ0n) is 20.4. The van der Waals surface area contributed by atoms with Crippen LogP contribution in [0.2, 0.25) is 0 Å². The Labute approximate surface area is 206 Å². The highest BCUT2D eigenvalue weighted by atomic mass is 32.2. The van der Waals surface area contributed by atoms with E-state index in [4.69, 9.17) is 0 Å². The van der Waals surface area contributed by atoms with Crippen LogP contribution in [0.25, 0.3) is 10.6 Å². The summed E-state index contributed by atoms with van der Waals surface area (Å²) < 4.78 is 28.8. The van der Waals surface area contributed by atoms with E-state index in [1.54, 1.807) is 24.3 Å². The van der Waals surface area contributed by atoms with E-state index in [-0.39, 0.29) is 16.2 Å². The van der Waals surface area contributed by atoms with Gasteiger partial charge in [-0.3, -0.25) is 10.1 Å². The summed E-state index contributed by atoms with van der Waals surface area (Å²) in [7, 11) is -3.90. The predicted octanol–water partition coefficient (Wildman–Crippen LogP) is 5.14. The Balaban J connectivity index is 1.78. The number of amides is 1. The van der Waals surface area contributed by atoms with Crippen molar-refractivity contribution in [3.05, 3.63) is 59.7 Å². The lowest BCUT2D eigenvalue weighted by Crippen LogP contribution is -2.47. The number of carbonyl (C=O) groups is 1. The third-order valence-corrected chi connectivity index (χ3v) is 8.11. The molecule has 0 spiro atoms. The first-order valence-electron chi connectivity index (χ1n) is 11.2. The molecule has 1 aromatic heterocycles. The van der Waals surface area contributed by atoms with Gasteiger partial charge in [0.25, 0.3) is 0 Å². The predicted molar refractivity (Wildman–Crippen MR) is 137 cm³/mol. The molecule has 7 nitrogen and oxygen atoms in total. The molecule has 182 valence electrons. The van der Waals surface area contributed by atoms with Crippen molar-refractivity contribution in [1.82, 2.24) is 14.9 Å². The van der Waals surface area contributed by atoms with Crippen LogP contribution in [-0.4, -0.2) is 30.6 Å². The minimum atomic E-state index is -3.90. The van der Waals surface area contributed by atoms with Gasteiger partial charge >= 0.3 is 0 Å². The Bertz CT molecular complexity index is 1230. The fourth-order valence-electron chi connectivity index (χ4n) is 3.30. The number of aromatic nitrogens is 2. The van der Waals surface area contributed by atoms with Crippen molar-refractivity contribution >= 4 is 32.4 Å². The molecule has 2 atom stereocenters. The second-order valence-electron chi connectivity index (χ2n) is 9.53. The molecule has 0 fully saturated rings. The molecular formula is C25H32N4O3S2. The Hall–Kier alpha value is -2.62. The first kappa shape index (κ1) is 26.0. The number of aryl methyl sites for hydroxylation is 1. The van der Waals surface area contributed by atoms with Crippen LogP contribution in [0.4, 0.5) is 5.13 Å². The molecule has 2 N–H and O–H groups in total. The van der Waals surface area contributed by atoms with E-state index in [9.17, 15) is 13.2 Å². The van der Waals surface area contributed by atoms with Gasteiger partial charge in [0.2, 0.25) is 21.1 Å². The Morgan fingerprint density at radius 2 is 1.65 bits per heavy atom. The highest BCUT2D eigenvalue weighted by Crippen LogP contribution is 2.27. The normalized spacial score (nSPS) is 13.9. The SMILES string of the molecule is CC[C@@H](C)[C@@H](NS(=O)(=O)c1ccc(C(C)(C)C)cc1)C(=O)Nc1nnc(-c2ccc(C)cc2)s1. The lowest BCUT2D eigenvalue weighted by molar-refractivity contribution is -0.118. The number of sulfonamides is 1. The highest BCUT2D eigenvalue weighted by Gasteiger charge is 2.30. The van der Waals surface area contributed by atoms with Gasteiger partial charge in [-0.2, -0.15) is 4.72 Å². The van der Waals surface area contributed by atoms with Gasteiger partial charge in [0.05, 0.1) is 4.90 Å². The van der Waals surface area contributed by atoms with Crippen molar-refractivity contribution in [1.29, 1.82) is 0 Å². The van der Waals surface area contributed by atoms with Crippen molar-refractivity contribution in [2.24, 2.45) is 5.92 Å². The van der Waals surface area contributed by atoms with Crippen molar-refractivity contribution < 1.29 is 13.2 Å². The first-order valence-corrected chi connectivity index (χ1v) is 13.5. The zero-order valence-corrected chi connectivity index (χ0v) is 22.0. The summed E-state index contributed by atoms with van der Waals surface area (Å²) in [5.74, 6) is -0.691. The number of benzene rings is 2. The molecule has 0 aliphatic rings. The molecule has 0 aliphatic carbocycles. The topological polar surface area (TPSA) is 101 Å². The van der Waals surface area contributed by atoms with Crippen molar-refractivity contribution in [2.45, 2.75) is 64.3 Å². The molecule has 0 saturated heterocycles. The van der Waals surface area contributed by atoms with Crippen molar-refractivity contribution in [3.8, 4) is 10.6 Å². The fourth-order valence-corrected chi connectivity index (χ4v) is 5.36. The van der Waals surface area contributed by atoms with E-state index in [0.29, 0.717) is 16.6 Å². The average Bonchev–Trinajstić information content (AvgIpc) is 3.25. The van der Waals surface area contributed by atoms with Crippen molar-refractivity contribution in [3.63, 3.8) is 0 Å². The summed E-state index contributed by atoms with van der Waals surface area (Å²) in [6.45, 7) is 12.0. The van der Waals surface area contributed by atoms with Crippen LogP contribution in [0.3, 0.4) is 0 Å². The third-order valence-electron chi connectivity index (χ3n) is 5.76. The maximum absolute atomic E-state index is 13.1. The quantitative estimate of drug-likeness (QED) is 0.446. The van der Waals surface area contributed by atoms with Gasteiger partial charge in [-0.1, -0.05) is 94.3 Å². The van der Waals surface area contributed by atoms with E-state index in [0.717, 1.165) is 16.7 Å². The maximum atomic E-state index is 13.1. The van der Waals surface area contributed by atoms with Gasteiger partial charge in [-0.05, 0) is 36.0 Å². The van der Waals surface area contributed by atoms with Gasteiger partial charge in [-0.25, -0.2) is 8.42 Å². The smallest absolute Gasteiger partial charge is 0.244 e. The first-order chi connectivity index (χ1) is 15.9. The fraction of sp³-hybridized carbons (Fsp3) is 0.400. The van der Waals surface area contributed by atoms with Crippen LogP contribution in [0, 0.1) is 12.8 Å². The minimum absolute atomic E-state index is 0.0892. The van der Waals surface area contributed by atoms with Gasteiger partial charge in [-0.15, -0.1) is 10.2 Å². The summed E-state index contributed by atoms with van der Waals surface area (Å²) in [6.07, 6.45) is 0.619. The minimum Gasteiger partial charge on any atom is -0.299 e. The van der Waals surface area contributed by atoms with E-state index in [1.165, 1.54) is 11.3 Å². The van der Waals surface area contributed by atoms with Crippen molar-refractivity contribution in [2.75, 3.05) is 5.32 Å². The molecule has 1 amide bonds. The molecule has 0 unspecified atom stereocenters. The lowest BCUT2D eigenvalue weighted by Gasteiger charge is -2.23. The lowest BCUT2D eigenvalue weighted by atomic mass is 9.87. The van der Waals surface area contributed by atoms with Gasteiger partial charge in [0, 0.05) is 5.56 Å². The molecule has 0 radical (unpaired) electrons. The Kier molecular flexibility index (Phi) is 7.90. The molecular weight excluding hydrogens is 468 g/mol. The van der Waals surface area contributed by atoms with Gasteiger partial charge < -0.3 is 0 Å². The van der Waals surface area contributed by atoms with E-state index < -0.39 is 22.0 Å². The molecule has 0 aliphatic heterocycles. The monoisotopic (exact) mass is 500 g/mol. The second-order valence-corrected chi connectivity index (χ2v) is 12.2. The number of nitrogens with zero attached hydrogens (tertiary/aromatic N) is 2. The third kappa shape index (κ3) is 6.28. The summed E-state index contributed by atoms with van der Waals surface area (Å²) in [4.78, 5) is 13.2. The highest BCUT2D eigenvalue weighted by molar-refractivity contribution is 7.89. The summed E-state index contributed by atoms with van der Waals surface area (Å²) >= 11 is 1.24. The number of hydrogen-bond acceptors (Lipinski definition) is 6. The molecule has 1 heterocycles. The second kappa shape index (κ2) is 10.3. The summed E-state index contributed by atoms with van der Waals surface area (Å²) in [5.41, 5.74) is 2.98. The number of carbonyl (C=O) groups excluding carboxylic acids is 1. The van der Waals surface area contributed by atoms with Crippen LogP contribution >= 0.6 is 11.3 Å². The molecule has 34 heavy (non-hydrogen) atoms. The Morgan fingerprint density at radius 3 is 2.21 bits per heavy atom. The maximum Gasteiger partial charge on any atom is 0.244 e. The molecule has 0 saturated carbocycles. The van der Waals surface area contributed by atoms with E-state index in [1.807, 2.05) is 45.0 Å². The molecule has 2 aromatic carbocycles. The number of hydrogen-bond donors (Lipinski definition) is 2. The summed E-state index contributed by atoms with van der Waals surface area (Å²) in [6, 6.07) is 13.7. The molecule has 3 rings (SSSR count). The zero-order chi connectivity index (χ0) is 25.1. The van der Waals surface area contributed by atoms with Crippen LogP contribution < -0.4 is 10.0 Å². The van der Waals surface area contributed by atoms with Gasteiger partial charge in [0.1, 0.15) is 11.0 Å². The molecule has 3 aromatic rings. The number of nitrogens with one attached hydrogen (secondary N) is 2. The van der Waals surface area contributed by atoms with Gasteiger partial charge in [0.15, 0.2) is 0 Å². The average molecular weight is 501 g/mol. The largest absolute Gasteiger partial charge is 0.299 e. The van der Waals surface area contributed by atoms with Crippen LogP contribution in [0.5, 0.6) is 0 Å². The van der Waals surface area contributed by atoms with Crippen LogP contribution in [0.15, 0.2) is 53.4 Å². The standard InChI is InChI=1S/C25H32N4O3S2/c1-7-17(3)21(29-34(31,32)20-14-12-19(13-15-20)25(4,5)6)22(30)26-24-28-27-23(33-24)18-10-8-16(2)9-11-18/h8-15,17,21,29H,7H2,1-6H3,(H,26,28,30)/t17-,21-/m1/s1. The van der Waals surface area contributed by atoms with E-state index in [2.05, 4.69) is 41.0 Å². The van der Waals surface area contributed by atoms with Crippen LogP contribution in [-0.2, 0) is 20.2 Å². The Morgan fingerprint density at radius 1 is 1.03 bits per heavy atom. The van der Waals surface area contributed by atoms with Crippen LogP contribution in [0.1, 0.15) is 52.2 Å². The molecule has 0 bridgehead atoms. The number of rotatable bonds is 8. The molecule has 9 heteroatoms. The number of anilines is 1. The van der Waals surface area contributed by atoms with E-state index >= 15 is 0 Å². The summed E-state index contributed by atoms with van der Waals surface area (Å²) in [5, 5.41) is 12.0.